The van der Waals surface area contributed by atoms with Crippen LogP contribution in [0.4, 0.5) is 10.5 Å². The maximum atomic E-state index is 13.1. The first-order valence-corrected chi connectivity index (χ1v) is 11.4. The molecule has 1 unspecified atom stereocenters. The molecule has 1 aromatic carbocycles. The van der Waals surface area contributed by atoms with Gasteiger partial charge in [0.25, 0.3) is 0 Å². The molecule has 0 bridgehead atoms. The van der Waals surface area contributed by atoms with E-state index in [9.17, 15) is 18.0 Å². The summed E-state index contributed by atoms with van der Waals surface area (Å²) in [6.45, 7) is 5.15. The largest absolute Gasteiger partial charge is 0.450 e. The van der Waals surface area contributed by atoms with E-state index in [2.05, 4.69) is 0 Å². The van der Waals surface area contributed by atoms with Crippen LogP contribution in [0.1, 0.15) is 20.3 Å². The molecule has 28 heavy (non-hydrogen) atoms. The van der Waals surface area contributed by atoms with Gasteiger partial charge in [-0.2, -0.15) is 0 Å². The van der Waals surface area contributed by atoms with E-state index in [1.807, 2.05) is 0 Å². The summed E-state index contributed by atoms with van der Waals surface area (Å²) in [7, 11) is -3.70. The van der Waals surface area contributed by atoms with Crippen molar-refractivity contribution in [2.75, 3.05) is 43.3 Å². The molecule has 1 heterocycles. The minimum atomic E-state index is -3.70. The summed E-state index contributed by atoms with van der Waals surface area (Å²) >= 11 is 5.90. The molecule has 0 saturated carbocycles. The molecule has 1 atom stereocenters. The van der Waals surface area contributed by atoms with Crippen molar-refractivity contribution >= 4 is 39.3 Å². The van der Waals surface area contributed by atoms with Crippen LogP contribution in [0, 0.1) is 0 Å². The van der Waals surface area contributed by atoms with Crippen molar-refractivity contribution in [3.8, 4) is 0 Å². The third kappa shape index (κ3) is 5.29. The Labute approximate surface area is 171 Å². The molecule has 8 nitrogen and oxygen atoms in total. The van der Waals surface area contributed by atoms with Gasteiger partial charge in [-0.25, -0.2) is 13.2 Å². The van der Waals surface area contributed by atoms with Crippen molar-refractivity contribution in [2.24, 2.45) is 0 Å². The molecule has 1 fully saturated rings. The molecule has 1 aliphatic rings. The van der Waals surface area contributed by atoms with Crippen molar-refractivity contribution in [1.29, 1.82) is 0 Å². The highest BCUT2D eigenvalue weighted by molar-refractivity contribution is 7.92. The van der Waals surface area contributed by atoms with Crippen molar-refractivity contribution in [1.82, 2.24) is 9.80 Å². The molecule has 2 rings (SSSR count). The van der Waals surface area contributed by atoms with Gasteiger partial charge in [0.05, 0.1) is 18.6 Å². The fraction of sp³-hybridized carbons (Fsp3) is 0.556. The molecule has 0 spiro atoms. The van der Waals surface area contributed by atoms with Crippen LogP contribution in [-0.2, 0) is 19.6 Å². The van der Waals surface area contributed by atoms with E-state index >= 15 is 0 Å². The first kappa shape index (κ1) is 22.3. The second kappa shape index (κ2) is 9.47. The summed E-state index contributed by atoms with van der Waals surface area (Å²) in [5, 5.41) is 0.478. The number of carbonyl (C=O) groups is 2. The summed E-state index contributed by atoms with van der Waals surface area (Å²) in [5.74, 6) is -0.286. The Morgan fingerprint density at radius 1 is 1.11 bits per heavy atom. The summed E-state index contributed by atoms with van der Waals surface area (Å²) in [6.07, 6.45) is 0.989. The van der Waals surface area contributed by atoms with Gasteiger partial charge in [0, 0.05) is 31.2 Å². The van der Waals surface area contributed by atoms with Gasteiger partial charge in [-0.15, -0.1) is 0 Å². The minimum absolute atomic E-state index is 0.286. The third-order valence-electron chi connectivity index (χ3n) is 4.51. The van der Waals surface area contributed by atoms with Gasteiger partial charge in [0.1, 0.15) is 6.04 Å². The first-order chi connectivity index (χ1) is 13.2. The van der Waals surface area contributed by atoms with Crippen LogP contribution in [0.5, 0.6) is 0 Å². The van der Waals surface area contributed by atoms with Gasteiger partial charge in [-0.05, 0) is 37.6 Å². The van der Waals surface area contributed by atoms with E-state index in [0.29, 0.717) is 49.9 Å². The molecule has 0 radical (unpaired) electrons. The number of ether oxygens (including phenoxy) is 1. The van der Waals surface area contributed by atoms with Crippen LogP contribution in [0.3, 0.4) is 0 Å². The van der Waals surface area contributed by atoms with Gasteiger partial charge in [-0.3, -0.25) is 9.10 Å². The quantitative estimate of drug-likeness (QED) is 0.689. The smallest absolute Gasteiger partial charge is 0.409 e. The molecule has 1 saturated heterocycles. The highest BCUT2D eigenvalue weighted by Crippen LogP contribution is 2.25. The lowest BCUT2D eigenvalue weighted by molar-refractivity contribution is -0.134. The van der Waals surface area contributed by atoms with E-state index in [-0.39, 0.29) is 5.91 Å². The number of halogens is 1. The zero-order valence-corrected chi connectivity index (χ0v) is 17.9. The monoisotopic (exact) mass is 431 g/mol. The fourth-order valence-corrected chi connectivity index (χ4v) is 4.50. The number of rotatable bonds is 6. The van der Waals surface area contributed by atoms with Gasteiger partial charge in [0.2, 0.25) is 15.9 Å². The van der Waals surface area contributed by atoms with Crippen LogP contribution in [0.15, 0.2) is 24.3 Å². The fourth-order valence-electron chi connectivity index (χ4n) is 3.17. The Hall–Kier alpha value is -2.00. The van der Waals surface area contributed by atoms with Crippen molar-refractivity contribution in [3.05, 3.63) is 29.3 Å². The van der Waals surface area contributed by atoms with Crippen LogP contribution in [0.2, 0.25) is 5.02 Å². The maximum Gasteiger partial charge on any atom is 0.409 e. The highest BCUT2D eigenvalue weighted by Gasteiger charge is 2.35. The summed E-state index contributed by atoms with van der Waals surface area (Å²) in [5.41, 5.74) is 0.386. The van der Waals surface area contributed by atoms with Gasteiger partial charge < -0.3 is 14.5 Å². The molecule has 0 aromatic heterocycles. The first-order valence-electron chi connectivity index (χ1n) is 9.14. The van der Waals surface area contributed by atoms with Crippen molar-refractivity contribution in [2.45, 2.75) is 26.3 Å². The Morgan fingerprint density at radius 3 is 2.11 bits per heavy atom. The van der Waals surface area contributed by atoms with Crippen LogP contribution < -0.4 is 4.31 Å². The second-order valence-electron chi connectivity index (χ2n) is 6.47. The number of carbonyl (C=O) groups excluding carboxylic acids is 2. The molecule has 0 aliphatic carbocycles. The van der Waals surface area contributed by atoms with E-state index in [4.69, 9.17) is 16.3 Å². The number of anilines is 1. The number of piperazine rings is 1. The molecule has 10 heteroatoms. The topological polar surface area (TPSA) is 87.2 Å². The standard InChI is InChI=1S/C18H26ClN3O5S/c1-4-16(22(28(3,25)26)15-8-6-14(19)7-9-15)17(23)20-10-12-21(13-11-20)18(24)27-5-2/h6-9,16H,4-5,10-13H2,1-3H3. The highest BCUT2D eigenvalue weighted by atomic mass is 35.5. The molecule has 2 amide bonds. The average molecular weight is 432 g/mol. The Morgan fingerprint density at radius 2 is 1.64 bits per heavy atom. The molecule has 1 aliphatic heterocycles. The second-order valence-corrected chi connectivity index (χ2v) is 8.77. The lowest BCUT2D eigenvalue weighted by atomic mass is 10.1. The van der Waals surface area contributed by atoms with Crippen LogP contribution in [0.25, 0.3) is 0 Å². The Balaban J connectivity index is 2.19. The average Bonchev–Trinajstić information content (AvgIpc) is 2.66. The van der Waals surface area contributed by atoms with Crippen LogP contribution >= 0.6 is 11.6 Å². The SMILES string of the molecule is CCOC(=O)N1CCN(C(=O)C(CC)N(c2ccc(Cl)cc2)S(C)(=O)=O)CC1. The van der Waals surface area contributed by atoms with Crippen LogP contribution in [-0.4, -0.2) is 75.3 Å². The lowest BCUT2D eigenvalue weighted by Gasteiger charge is -2.38. The summed E-state index contributed by atoms with van der Waals surface area (Å²) < 4.78 is 31.1. The number of hydrogen-bond acceptors (Lipinski definition) is 5. The zero-order chi connectivity index (χ0) is 20.9. The number of sulfonamides is 1. The van der Waals surface area contributed by atoms with Gasteiger partial charge in [-0.1, -0.05) is 18.5 Å². The molecule has 1 aromatic rings. The lowest BCUT2D eigenvalue weighted by Crippen LogP contribution is -2.56. The predicted octanol–water partition coefficient (Wildman–Crippen LogP) is 2.19. The van der Waals surface area contributed by atoms with Gasteiger partial charge in [0.15, 0.2) is 0 Å². The third-order valence-corrected chi connectivity index (χ3v) is 5.94. The number of benzene rings is 1. The molecule has 0 N–H and O–H groups in total. The number of nitrogens with zero attached hydrogens (tertiary/aromatic N) is 3. The Bertz CT molecular complexity index is 792. The Kier molecular flexibility index (Phi) is 7.54. The van der Waals surface area contributed by atoms with Gasteiger partial charge >= 0.3 is 6.09 Å². The molecular weight excluding hydrogens is 406 g/mol. The van der Waals surface area contributed by atoms with Crippen molar-refractivity contribution in [3.63, 3.8) is 0 Å². The zero-order valence-electron chi connectivity index (χ0n) is 16.3. The molecular formula is C18H26ClN3O5S. The molecule has 156 valence electrons. The van der Waals surface area contributed by atoms with E-state index < -0.39 is 22.2 Å². The van der Waals surface area contributed by atoms with Crippen molar-refractivity contribution < 1.29 is 22.7 Å². The van der Waals surface area contributed by atoms with E-state index in [0.717, 1.165) is 10.6 Å². The maximum absolute atomic E-state index is 13.1. The van der Waals surface area contributed by atoms with E-state index in [1.165, 1.54) is 0 Å². The summed E-state index contributed by atoms with van der Waals surface area (Å²) in [4.78, 5) is 28.1. The van der Waals surface area contributed by atoms with E-state index in [1.54, 1.807) is 47.9 Å². The minimum Gasteiger partial charge on any atom is -0.450 e. The summed E-state index contributed by atoms with van der Waals surface area (Å²) in [6, 6.07) is 5.47. The number of amides is 2. The normalized spacial score (nSPS) is 15.9. The predicted molar refractivity (Wildman–Crippen MR) is 108 cm³/mol. The number of hydrogen-bond donors (Lipinski definition) is 0.